The fraction of sp³-hybridized carbons (Fsp3) is 0.0833. The largest absolute Gasteiger partial charge is 0.422 e. The monoisotopic (exact) mass is 418 g/mol. The smallest absolute Gasteiger partial charge is 0.349 e. The van der Waals surface area contributed by atoms with Gasteiger partial charge in [0.15, 0.2) is 0 Å². The maximum atomic E-state index is 12.6. The molecule has 0 aliphatic carbocycles. The van der Waals surface area contributed by atoms with Gasteiger partial charge in [-0.2, -0.15) is 0 Å². The Hall–Kier alpha value is -3.57. The number of anilines is 2. The molecule has 0 fully saturated rings. The van der Waals surface area contributed by atoms with Crippen LogP contribution in [0.5, 0.6) is 0 Å². The molecule has 1 atom stereocenters. The van der Waals surface area contributed by atoms with E-state index >= 15 is 0 Å². The first-order valence-electron chi connectivity index (χ1n) is 9.46. The van der Waals surface area contributed by atoms with E-state index < -0.39 is 11.5 Å². The lowest BCUT2D eigenvalue weighted by atomic mass is 10.1. The minimum Gasteiger partial charge on any atom is -0.422 e. The molecule has 0 aliphatic heterocycles. The normalized spacial score (nSPS) is 11.8. The van der Waals surface area contributed by atoms with Crippen LogP contribution in [0.25, 0.3) is 11.0 Å². The highest BCUT2D eigenvalue weighted by Crippen LogP contribution is 2.29. The third kappa shape index (κ3) is 4.21. The van der Waals surface area contributed by atoms with E-state index in [2.05, 4.69) is 10.6 Å². The zero-order chi connectivity index (χ0) is 21.1. The molecular weight excluding hydrogens is 400 g/mol. The Morgan fingerprint density at radius 3 is 2.47 bits per heavy atom. The SMILES string of the molecule is C[C@H](Nc1ccc(NC(=O)c2cc3ccccc3oc2=O)cc1Cl)c1ccccc1. The molecule has 0 aliphatic rings. The van der Waals surface area contributed by atoms with E-state index in [9.17, 15) is 9.59 Å². The molecular formula is C24H19ClN2O3. The molecule has 1 heterocycles. The van der Waals surface area contributed by atoms with E-state index in [1.165, 1.54) is 6.07 Å². The summed E-state index contributed by atoms with van der Waals surface area (Å²) in [6, 6.07) is 23.8. The van der Waals surface area contributed by atoms with Crippen molar-refractivity contribution in [3.63, 3.8) is 0 Å². The molecule has 1 aromatic heterocycles. The molecule has 0 radical (unpaired) electrons. The van der Waals surface area contributed by atoms with Crippen molar-refractivity contribution in [3.05, 3.63) is 105 Å². The van der Waals surface area contributed by atoms with Crippen molar-refractivity contribution in [3.8, 4) is 0 Å². The first-order chi connectivity index (χ1) is 14.5. The fourth-order valence-corrected chi connectivity index (χ4v) is 3.42. The Kier molecular flexibility index (Phi) is 5.55. The summed E-state index contributed by atoms with van der Waals surface area (Å²) in [5.74, 6) is -0.552. The van der Waals surface area contributed by atoms with Crippen LogP contribution < -0.4 is 16.3 Å². The Bertz CT molecular complexity index is 1270. The number of amides is 1. The van der Waals surface area contributed by atoms with E-state index in [1.54, 1.807) is 36.4 Å². The van der Waals surface area contributed by atoms with Crippen LogP contribution in [0.4, 0.5) is 11.4 Å². The van der Waals surface area contributed by atoms with Gasteiger partial charge in [-0.1, -0.05) is 60.1 Å². The van der Waals surface area contributed by atoms with Crippen molar-refractivity contribution in [2.24, 2.45) is 0 Å². The minimum absolute atomic E-state index is 0.0615. The fourth-order valence-electron chi connectivity index (χ4n) is 3.19. The molecule has 0 bridgehead atoms. The summed E-state index contributed by atoms with van der Waals surface area (Å²) in [6.45, 7) is 2.04. The second-order valence-electron chi connectivity index (χ2n) is 6.91. The molecule has 5 nitrogen and oxygen atoms in total. The molecule has 2 N–H and O–H groups in total. The highest BCUT2D eigenvalue weighted by molar-refractivity contribution is 6.33. The Morgan fingerprint density at radius 2 is 1.70 bits per heavy atom. The van der Waals surface area contributed by atoms with E-state index in [4.69, 9.17) is 16.0 Å². The van der Waals surface area contributed by atoms with Gasteiger partial charge in [-0.3, -0.25) is 4.79 Å². The van der Waals surface area contributed by atoms with E-state index in [1.807, 2.05) is 43.3 Å². The molecule has 1 amide bonds. The molecule has 0 spiro atoms. The third-order valence-corrected chi connectivity index (χ3v) is 5.10. The molecule has 150 valence electrons. The minimum atomic E-state index is -0.688. The number of carbonyl (C=O) groups is 1. The second-order valence-corrected chi connectivity index (χ2v) is 7.32. The summed E-state index contributed by atoms with van der Waals surface area (Å²) < 4.78 is 5.23. The lowest BCUT2D eigenvalue weighted by Crippen LogP contribution is -2.20. The average molecular weight is 419 g/mol. The summed E-state index contributed by atoms with van der Waals surface area (Å²) in [5.41, 5.74) is 2.04. The Labute approximate surface area is 178 Å². The maximum Gasteiger partial charge on any atom is 0.349 e. The highest BCUT2D eigenvalue weighted by atomic mass is 35.5. The molecule has 3 aromatic carbocycles. The summed E-state index contributed by atoms with van der Waals surface area (Å²) in [4.78, 5) is 24.8. The van der Waals surface area contributed by atoms with Crippen molar-refractivity contribution in [1.82, 2.24) is 0 Å². The van der Waals surface area contributed by atoms with Crippen LogP contribution in [0.3, 0.4) is 0 Å². The predicted molar refractivity (Wildman–Crippen MR) is 120 cm³/mol. The van der Waals surface area contributed by atoms with E-state index in [0.717, 1.165) is 11.3 Å². The quantitative estimate of drug-likeness (QED) is 0.397. The summed E-state index contributed by atoms with van der Waals surface area (Å²) >= 11 is 6.41. The van der Waals surface area contributed by atoms with Crippen molar-refractivity contribution < 1.29 is 9.21 Å². The highest BCUT2D eigenvalue weighted by Gasteiger charge is 2.15. The number of nitrogens with one attached hydrogen (secondary N) is 2. The molecule has 4 rings (SSSR count). The zero-order valence-corrected chi connectivity index (χ0v) is 16.9. The van der Waals surface area contributed by atoms with Crippen LogP contribution in [0.15, 0.2) is 88.1 Å². The van der Waals surface area contributed by atoms with Gasteiger partial charge in [0.2, 0.25) is 0 Å². The van der Waals surface area contributed by atoms with E-state index in [0.29, 0.717) is 21.7 Å². The number of hydrogen-bond donors (Lipinski definition) is 2. The van der Waals surface area contributed by atoms with Gasteiger partial charge >= 0.3 is 5.63 Å². The van der Waals surface area contributed by atoms with Gasteiger partial charge in [-0.15, -0.1) is 0 Å². The molecule has 30 heavy (non-hydrogen) atoms. The first kappa shape index (κ1) is 19.7. The molecule has 0 saturated carbocycles. The van der Waals surface area contributed by atoms with Crippen LogP contribution in [0, 0.1) is 0 Å². The topological polar surface area (TPSA) is 71.3 Å². The van der Waals surface area contributed by atoms with Crippen LogP contribution >= 0.6 is 11.6 Å². The molecule has 0 unspecified atom stereocenters. The average Bonchev–Trinajstić information content (AvgIpc) is 2.75. The van der Waals surface area contributed by atoms with Crippen molar-refractivity contribution >= 4 is 39.9 Å². The number of fused-ring (bicyclic) bond motifs is 1. The summed E-state index contributed by atoms with van der Waals surface area (Å²) in [5, 5.41) is 7.20. The van der Waals surface area contributed by atoms with Gasteiger partial charge in [-0.25, -0.2) is 4.79 Å². The second kappa shape index (κ2) is 8.43. The van der Waals surface area contributed by atoms with Crippen LogP contribution in [0.1, 0.15) is 28.9 Å². The number of hydrogen-bond acceptors (Lipinski definition) is 4. The van der Waals surface area contributed by atoms with Gasteiger partial charge in [0.05, 0.1) is 10.7 Å². The van der Waals surface area contributed by atoms with Crippen LogP contribution in [0.2, 0.25) is 5.02 Å². The lowest BCUT2D eigenvalue weighted by molar-refractivity contribution is 0.102. The van der Waals surface area contributed by atoms with Crippen molar-refractivity contribution in [1.29, 1.82) is 0 Å². The third-order valence-electron chi connectivity index (χ3n) is 4.78. The number of carbonyl (C=O) groups excluding carboxylic acids is 1. The number of para-hydroxylation sites is 1. The van der Waals surface area contributed by atoms with Gasteiger partial charge in [0, 0.05) is 17.1 Å². The first-order valence-corrected chi connectivity index (χ1v) is 9.84. The summed E-state index contributed by atoms with van der Waals surface area (Å²) in [6.07, 6.45) is 0. The number of halogens is 1. The zero-order valence-electron chi connectivity index (χ0n) is 16.2. The summed E-state index contributed by atoms with van der Waals surface area (Å²) in [7, 11) is 0. The van der Waals surface area contributed by atoms with Gasteiger partial charge in [-0.05, 0) is 42.8 Å². The predicted octanol–water partition coefficient (Wildman–Crippen LogP) is 5.87. The van der Waals surface area contributed by atoms with Gasteiger partial charge in [0.25, 0.3) is 5.91 Å². The van der Waals surface area contributed by atoms with Crippen LogP contribution in [-0.2, 0) is 0 Å². The Balaban J connectivity index is 1.51. The van der Waals surface area contributed by atoms with Crippen molar-refractivity contribution in [2.75, 3.05) is 10.6 Å². The van der Waals surface area contributed by atoms with E-state index in [-0.39, 0.29) is 11.6 Å². The molecule has 6 heteroatoms. The maximum absolute atomic E-state index is 12.6. The van der Waals surface area contributed by atoms with Crippen LogP contribution in [-0.4, -0.2) is 5.91 Å². The Morgan fingerprint density at radius 1 is 0.967 bits per heavy atom. The molecule has 0 saturated heterocycles. The number of benzene rings is 3. The molecule has 4 aromatic rings. The van der Waals surface area contributed by atoms with Crippen molar-refractivity contribution in [2.45, 2.75) is 13.0 Å². The standard InChI is InChI=1S/C24H19ClN2O3/c1-15(16-7-3-2-4-8-16)26-21-12-11-18(14-20(21)25)27-23(28)19-13-17-9-5-6-10-22(17)30-24(19)29/h2-15,26H,1H3,(H,27,28)/t15-/m0/s1. The van der Waals surface area contributed by atoms with Gasteiger partial charge < -0.3 is 15.1 Å². The van der Waals surface area contributed by atoms with Gasteiger partial charge in [0.1, 0.15) is 11.1 Å². The number of rotatable bonds is 5. The lowest BCUT2D eigenvalue weighted by Gasteiger charge is -2.17.